The summed E-state index contributed by atoms with van der Waals surface area (Å²) in [6, 6.07) is 12.7. The molecule has 4 fully saturated rings. The normalized spacial score (nSPS) is 33.7. The molecule has 0 aromatic heterocycles. The van der Waals surface area contributed by atoms with Crippen molar-refractivity contribution < 1.29 is 49.0 Å². The van der Waals surface area contributed by atoms with Crippen LogP contribution in [0.3, 0.4) is 0 Å². The molecule has 4 aliphatic carbocycles. The van der Waals surface area contributed by atoms with Crippen LogP contribution in [0, 0.1) is 28.6 Å². The zero-order valence-electron chi connectivity index (χ0n) is 33.1. The van der Waals surface area contributed by atoms with Gasteiger partial charge in [0.1, 0.15) is 18.1 Å². The molecule has 7 rings (SSSR count). The topological polar surface area (TPSA) is 184 Å². The van der Waals surface area contributed by atoms with Gasteiger partial charge in [0.15, 0.2) is 23.5 Å². The third kappa shape index (κ3) is 7.59. The number of aliphatic hydroxyl groups excluding tert-OH is 3. The third-order valence-electron chi connectivity index (χ3n) is 13.4. The smallest absolute Gasteiger partial charge is 0.211 e. The van der Waals surface area contributed by atoms with Gasteiger partial charge in [0, 0.05) is 29.3 Å². The van der Waals surface area contributed by atoms with Gasteiger partial charge in [0.05, 0.1) is 31.1 Å². The van der Waals surface area contributed by atoms with Gasteiger partial charge in [-0.3, -0.25) is 14.4 Å². The number of rotatable bonds is 13. The van der Waals surface area contributed by atoms with Gasteiger partial charge in [-0.2, -0.15) is 0 Å². The van der Waals surface area contributed by atoms with Crippen molar-refractivity contribution in [3.05, 3.63) is 77.4 Å². The maximum absolute atomic E-state index is 13.2. The van der Waals surface area contributed by atoms with Gasteiger partial charge >= 0.3 is 0 Å². The van der Waals surface area contributed by atoms with Crippen LogP contribution in [0.25, 0.3) is 0 Å². The first-order chi connectivity index (χ1) is 26.7. The summed E-state index contributed by atoms with van der Waals surface area (Å²) in [5.41, 5.74) is 1.02. The van der Waals surface area contributed by atoms with Crippen molar-refractivity contribution in [3.63, 3.8) is 0 Å². The fraction of sp³-hybridized carbons (Fsp3) is 0.568. The number of carbonyl (C=O) groups is 3. The van der Waals surface area contributed by atoms with Crippen LogP contribution in [0.1, 0.15) is 83.5 Å². The maximum atomic E-state index is 13.2. The molecule has 304 valence electrons. The predicted octanol–water partition coefficient (Wildman–Crippen LogP) is 4.94. The molecule has 56 heavy (non-hydrogen) atoms. The Kier molecular flexibility index (Phi) is 12.6. The van der Waals surface area contributed by atoms with Gasteiger partial charge in [-0.25, -0.2) is 0 Å². The van der Waals surface area contributed by atoms with Crippen LogP contribution in [-0.2, 0) is 30.3 Å². The predicted molar refractivity (Wildman–Crippen MR) is 210 cm³/mol. The number of Topliss-reactive ketones (excluding diaryl/α,β-unsaturated/α-hetero) is 1. The number of ether oxygens (including phenoxy) is 3. The summed E-state index contributed by atoms with van der Waals surface area (Å²) in [5, 5.41) is 47.1. The summed E-state index contributed by atoms with van der Waals surface area (Å²) >= 11 is 0. The van der Waals surface area contributed by atoms with Gasteiger partial charge in [-0.1, -0.05) is 57.0 Å². The molecule has 6 N–H and O–H groups in total. The summed E-state index contributed by atoms with van der Waals surface area (Å²) in [5.74, 6) is 0.815. The molecule has 1 heterocycles. The number of amides is 1. The SMILES string of the molecule is CCCC1O[C@@H]2CC3C4CCC5=CC(=O)C=C[C@]5(C)C4C(O)C[C@]3(C)[C@]2(C(=O)CO)O1.COc1ccc(CC(C)NCC(O)c2ccc(O)c(NC=O)c2)cc1. The first-order valence-corrected chi connectivity index (χ1v) is 19.9. The molecule has 2 aromatic rings. The van der Waals surface area contributed by atoms with Crippen LogP contribution in [0.5, 0.6) is 11.5 Å². The summed E-state index contributed by atoms with van der Waals surface area (Å²) < 4.78 is 17.8. The van der Waals surface area contributed by atoms with E-state index in [1.807, 2.05) is 37.3 Å². The highest BCUT2D eigenvalue weighted by Crippen LogP contribution is 2.69. The van der Waals surface area contributed by atoms with E-state index >= 15 is 0 Å². The molecule has 11 atom stereocenters. The van der Waals surface area contributed by atoms with Crippen molar-refractivity contribution >= 4 is 23.7 Å². The van der Waals surface area contributed by atoms with E-state index in [2.05, 4.69) is 31.4 Å². The van der Waals surface area contributed by atoms with E-state index in [-0.39, 0.29) is 52.2 Å². The van der Waals surface area contributed by atoms with Crippen molar-refractivity contribution in [2.24, 2.45) is 28.6 Å². The zero-order valence-corrected chi connectivity index (χ0v) is 33.1. The molecule has 0 bridgehead atoms. The minimum atomic E-state index is -1.20. The van der Waals surface area contributed by atoms with Gasteiger partial charge in [0.25, 0.3) is 0 Å². The molecule has 12 heteroatoms. The molecule has 0 spiro atoms. The molecule has 1 amide bonds. The average Bonchev–Trinajstić information content (AvgIpc) is 3.66. The largest absolute Gasteiger partial charge is 0.506 e. The number of methoxy groups -OCH3 is 1. The average molecular weight is 775 g/mol. The first-order valence-electron chi connectivity index (χ1n) is 19.9. The summed E-state index contributed by atoms with van der Waals surface area (Å²) in [6.07, 6.45) is 8.88. The minimum absolute atomic E-state index is 0.0125. The lowest BCUT2D eigenvalue weighted by Gasteiger charge is -2.59. The van der Waals surface area contributed by atoms with E-state index in [4.69, 9.17) is 14.2 Å². The number of carbonyl (C=O) groups excluding carboxylic acids is 3. The minimum Gasteiger partial charge on any atom is -0.506 e. The molecular weight excluding hydrogens is 716 g/mol. The summed E-state index contributed by atoms with van der Waals surface area (Å²) in [4.78, 5) is 35.7. The van der Waals surface area contributed by atoms with E-state index in [1.54, 1.807) is 31.4 Å². The number of allylic oxidation sites excluding steroid dienone is 4. The molecule has 5 aliphatic rings. The number of phenols is 1. The highest BCUT2D eigenvalue weighted by molar-refractivity contribution is 6.01. The quantitative estimate of drug-likeness (QED) is 0.120. The van der Waals surface area contributed by atoms with Gasteiger partial charge in [0.2, 0.25) is 6.41 Å². The van der Waals surface area contributed by atoms with Crippen LogP contribution >= 0.6 is 0 Å². The second kappa shape index (κ2) is 16.9. The summed E-state index contributed by atoms with van der Waals surface area (Å²) in [6.45, 7) is 8.09. The van der Waals surface area contributed by atoms with Crippen molar-refractivity contribution in [1.29, 1.82) is 0 Å². The number of aliphatic hydroxyl groups is 3. The number of aromatic hydroxyl groups is 1. The molecule has 0 radical (unpaired) electrons. The van der Waals surface area contributed by atoms with Gasteiger partial charge in [-0.05, 0) is 105 Å². The van der Waals surface area contributed by atoms with Crippen molar-refractivity contribution in [3.8, 4) is 11.5 Å². The maximum Gasteiger partial charge on any atom is 0.211 e. The molecular formula is C44H58N2O10. The Morgan fingerprint density at radius 1 is 1.16 bits per heavy atom. The van der Waals surface area contributed by atoms with E-state index in [0.717, 1.165) is 37.0 Å². The third-order valence-corrected chi connectivity index (χ3v) is 13.4. The number of benzene rings is 2. The van der Waals surface area contributed by atoms with Crippen LogP contribution in [0.15, 0.2) is 66.3 Å². The Hall–Kier alpha value is -3.91. The fourth-order valence-electron chi connectivity index (χ4n) is 10.7. The lowest BCUT2D eigenvalue weighted by atomic mass is 9.46. The molecule has 3 saturated carbocycles. The van der Waals surface area contributed by atoms with Crippen LogP contribution < -0.4 is 15.4 Å². The Morgan fingerprint density at radius 3 is 2.59 bits per heavy atom. The first kappa shape index (κ1) is 41.7. The second-order valence-electron chi connectivity index (χ2n) is 16.6. The molecule has 7 unspecified atom stereocenters. The van der Waals surface area contributed by atoms with Gasteiger partial charge < -0.3 is 45.3 Å². The lowest BCUT2D eigenvalue weighted by molar-refractivity contribution is -0.200. The van der Waals surface area contributed by atoms with Gasteiger partial charge in [-0.15, -0.1) is 0 Å². The molecule has 2 aromatic carbocycles. The van der Waals surface area contributed by atoms with E-state index < -0.39 is 42.2 Å². The Morgan fingerprint density at radius 2 is 1.91 bits per heavy atom. The van der Waals surface area contributed by atoms with E-state index in [0.29, 0.717) is 37.8 Å². The Bertz CT molecular complexity index is 1810. The monoisotopic (exact) mass is 774 g/mol. The van der Waals surface area contributed by atoms with Crippen LogP contribution in [-0.4, -0.2) is 88.8 Å². The fourth-order valence-corrected chi connectivity index (χ4v) is 10.7. The molecule has 1 saturated heterocycles. The standard InChI is InChI=1S/C25H34O6.C19H24N2O4/c1-4-5-21-30-20-11-17-16-7-6-14-10-15(27)8-9-23(14,2)22(16)18(28)12-24(17,3)25(20,31-21)19(29)13-26;1-13(9-14-3-6-16(25-2)7-4-14)20-11-19(24)15-5-8-18(23)17(10-15)21-12-22/h8-10,16-18,20-22,26,28H,4-7,11-13H2,1-3H3;3-8,10,12-13,19-20,23-24H,9,11H2,1-2H3,(H,21,22)/t16?,17?,18?,20-,21?,22?,23+,24+,25-;/m1./s1. The van der Waals surface area contributed by atoms with Crippen LogP contribution in [0.2, 0.25) is 0 Å². The molecule has 1 aliphatic heterocycles. The number of nitrogens with one attached hydrogen (secondary N) is 2. The highest BCUT2D eigenvalue weighted by Gasteiger charge is 2.75. The number of anilines is 1. The second-order valence-corrected chi connectivity index (χ2v) is 16.6. The number of hydrogen-bond donors (Lipinski definition) is 6. The summed E-state index contributed by atoms with van der Waals surface area (Å²) in [7, 11) is 1.64. The Labute approximate surface area is 329 Å². The number of fused-ring (bicyclic) bond motifs is 7. The highest BCUT2D eigenvalue weighted by atomic mass is 16.7. The van der Waals surface area contributed by atoms with E-state index in [1.165, 1.54) is 11.6 Å². The number of phenolic OH excluding ortho intramolecular Hbond substituents is 1. The van der Waals surface area contributed by atoms with Crippen molar-refractivity contribution in [2.45, 2.75) is 109 Å². The lowest BCUT2D eigenvalue weighted by Crippen LogP contribution is -2.63. The number of hydrogen-bond acceptors (Lipinski definition) is 11. The Balaban J connectivity index is 0.000000195. The van der Waals surface area contributed by atoms with Crippen molar-refractivity contribution in [2.75, 3.05) is 25.6 Å². The van der Waals surface area contributed by atoms with E-state index in [9.17, 15) is 34.8 Å². The molecule has 12 nitrogen and oxygen atoms in total. The van der Waals surface area contributed by atoms with Crippen molar-refractivity contribution in [1.82, 2.24) is 5.32 Å². The zero-order chi connectivity index (χ0) is 40.4. The van der Waals surface area contributed by atoms with Crippen LogP contribution in [0.4, 0.5) is 5.69 Å². The number of ketones is 2.